The van der Waals surface area contributed by atoms with Gasteiger partial charge in [-0.25, -0.2) is 19.7 Å². The number of hydrogen-bond acceptors (Lipinski definition) is 8. The standard InChI is InChI=1S/C21H23N5O5/c1-29-18-8-6-16(7-9-18)15-31-26(12-3-5-19(27)30-2)20(28)17-13-22-21(23-14-17)25-11-4-10-24-25/h4,6-11,13-14H,3,5,12,15H2,1-2H3. The van der Waals surface area contributed by atoms with E-state index in [0.29, 0.717) is 12.4 Å². The van der Waals surface area contributed by atoms with Crippen molar-refractivity contribution in [3.63, 3.8) is 0 Å². The molecule has 1 aromatic carbocycles. The number of methoxy groups -OCH3 is 2. The molecule has 0 aliphatic rings. The molecule has 0 atom stereocenters. The Labute approximate surface area is 179 Å². The second-order valence-electron chi connectivity index (χ2n) is 6.43. The van der Waals surface area contributed by atoms with E-state index in [1.54, 1.807) is 25.6 Å². The highest BCUT2D eigenvalue weighted by molar-refractivity contribution is 5.92. The van der Waals surface area contributed by atoms with Gasteiger partial charge in [-0.05, 0) is 30.2 Å². The molecular weight excluding hydrogens is 402 g/mol. The summed E-state index contributed by atoms with van der Waals surface area (Å²) in [6, 6.07) is 9.06. The van der Waals surface area contributed by atoms with Gasteiger partial charge in [-0.15, -0.1) is 0 Å². The molecule has 0 N–H and O–H groups in total. The van der Waals surface area contributed by atoms with E-state index in [9.17, 15) is 9.59 Å². The van der Waals surface area contributed by atoms with Crippen molar-refractivity contribution in [1.82, 2.24) is 24.8 Å². The van der Waals surface area contributed by atoms with Crippen LogP contribution < -0.4 is 4.74 Å². The molecule has 0 bridgehead atoms. The predicted octanol–water partition coefficient (Wildman–Crippen LogP) is 2.20. The molecule has 2 aromatic heterocycles. The summed E-state index contributed by atoms with van der Waals surface area (Å²) in [4.78, 5) is 38.5. The molecule has 1 amide bonds. The summed E-state index contributed by atoms with van der Waals surface area (Å²) < 4.78 is 11.3. The molecule has 0 saturated heterocycles. The summed E-state index contributed by atoms with van der Waals surface area (Å²) in [6.45, 7) is 0.366. The minimum absolute atomic E-state index is 0.167. The lowest BCUT2D eigenvalue weighted by atomic mass is 10.2. The summed E-state index contributed by atoms with van der Waals surface area (Å²) in [5.74, 6) is 0.307. The fraction of sp³-hybridized carbons (Fsp3) is 0.286. The summed E-state index contributed by atoms with van der Waals surface area (Å²) in [5.41, 5.74) is 1.11. The smallest absolute Gasteiger partial charge is 0.305 e. The number of benzene rings is 1. The number of nitrogens with zero attached hydrogens (tertiary/aromatic N) is 5. The Morgan fingerprint density at radius 1 is 1.10 bits per heavy atom. The summed E-state index contributed by atoms with van der Waals surface area (Å²) >= 11 is 0. The van der Waals surface area contributed by atoms with Gasteiger partial charge in [0.2, 0.25) is 5.95 Å². The number of rotatable bonds is 10. The first kappa shape index (κ1) is 21.9. The number of hydroxylamine groups is 2. The molecular formula is C21H23N5O5. The topological polar surface area (TPSA) is 109 Å². The first-order valence-electron chi connectivity index (χ1n) is 9.57. The number of carbonyl (C=O) groups excluding carboxylic acids is 2. The van der Waals surface area contributed by atoms with Crippen molar-refractivity contribution in [2.45, 2.75) is 19.4 Å². The Balaban J connectivity index is 1.68. The maximum atomic E-state index is 13.0. The molecule has 10 heteroatoms. The third-order valence-corrected chi connectivity index (χ3v) is 4.34. The van der Waals surface area contributed by atoms with Crippen LogP contribution in [0, 0.1) is 0 Å². The molecule has 0 aliphatic heterocycles. The number of hydrogen-bond donors (Lipinski definition) is 0. The number of ether oxygens (including phenoxy) is 2. The van der Waals surface area contributed by atoms with Crippen LogP contribution in [0.5, 0.6) is 5.75 Å². The van der Waals surface area contributed by atoms with Crippen LogP contribution in [0.2, 0.25) is 0 Å². The van der Waals surface area contributed by atoms with Gasteiger partial charge < -0.3 is 9.47 Å². The van der Waals surface area contributed by atoms with E-state index in [1.165, 1.54) is 29.2 Å². The highest BCUT2D eigenvalue weighted by Crippen LogP contribution is 2.14. The monoisotopic (exact) mass is 425 g/mol. The van der Waals surface area contributed by atoms with Crippen LogP contribution in [0.15, 0.2) is 55.1 Å². The average molecular weight is 425 g/mol. The minimum atomic E-state index is -0.412. The number of aromatic nitrogens is 4. The second kappa shape index (κ2) is 10.8. The molecule has 3 aromatic rings. The van der Waals surface area contributed by atoms with E-state index >= 15 is 0 Å². The van der Waals surface area contributed by atoms with Crippen molar-refractivity contribution in [3.05, 3.63) is 66.2 Å². The van der Waals surface area contributed by atoms with Gasteiger partial charge in [-0.2, -0.15) is 5.10 Å². The van der Waals surface area contributed by atoms with Crippen molar-refractivity contribution >= 4 is 11.9 Å². The quantitative estimate of drug-likeness (QED) is 0.359. The zero-order chi connectivity index (χ0) is 22.1. The molecule has 0 fully saturated rings. The lowest BCUT2D eigenvalue weighted by Gasteiger charge is -2.22. The molecule has 10 nitrogen and oxygen atoms in total. The Bertz CT molecular complexity index is 974. The lowest BCUT2D eigenvalue weighted by Crippen LogP contribution is -2.32. The van der Waals surface area contributed by atoms with Crippen molar-refractivity contribution in [3.8, 4) is 11.7 Å². The van der Waals surface area contributed by atoms with Crippen LogP contribution >= 0.6 is 0 Å². The van der Waals surface area contributed by atoms with Crippen LogP contribution in [-0.2, 0) is 21.0 Å². The molecule has 2 heterocycles. The zero-order valence-corrected chi connectivity index (χ0v) is 17.3. The van der Waals surface area contributed by atoms with E-state index in [4.69, 9.17) is 9.57 Å². The Kier molecular flexibility index (Phi) is 7.66. The second-order valence-corrected chi connectivity index (χ2v) is 6.43. The molecule has 0 unspecified atom stereocenters. The van der Waals surface area contributed by atoms with Gasteiger partial charge in [0.1, 0.15) is 12.4 Å². The fourth-order valence-corrected chi connectivity index (χ4v) is 2.65. The zero-order valence-electron chi connectivity index (χ0n) is 17.3. The van der Waals surface area contributed by atoms with Gasteiger partial charge in [-0.1, -0.05) is 12.1 Å². The molecule has 0 aliphatic carbocycles. The molecule has 3 rings (SSSR count). The molecule has 162 valence electrons. The van der Waals surface area contributed by atoms with Crippen molar-refractivity contribution < 1.29 is 23.9 Å². The van der Waals surface area contributed by atoms with Crippen LogP contribution in [0.25, 0.3) is 5.95 Å². The molecule has 31 heavy (non-hydrogen) atoms. The van der Waals surface area contributed by atoms with Crippen molar-refractivity contribution in [2.75, 3.05) is 20.8 Å². The number of carbonyl (C=O) groups is 2. The van der Waals surface area contributed by atoms with E-state index in [0.717, 1.165) is 11.3 Å². The first-order valence-corrected chi connectivity index (χ1v) is 9.57. The fourth-order valence-electron chi connectivity index (χ4n) is 2.65. The van der Waals surface area contributed by atoms with E-state index in [1.807, 2.05) is 24.3 Å². The maximum Gasteiger partial charge on any atom is 0.305 e. The molecule has 0 radical (unpaired) electrons. The van der Waals surface area contributed by atoms with Crippen LogP contribution in [-0.4, -0.2) is 57.5 Å². The van der Waals surface area contributed by atoms with Crippen molar-refractivity contribution in [1.29, 1.82) is 0 Å². The van der Waals surface area contributed by atoms with Gasteiger partial charge in [0.25, 0.3) is 5.91 Å². The SMILES string of the molecule is COC(=O)CCCN(OCc1ccc(OC)cc1)C(=O)c1cnc(-n2cccn2)nc1. The maximum absolute atomic E-state index is 13.0. The third kappa shape index (κ3) is 6.09. The molecule has 0 saturated carbocycles. The van der Waals surface area contributed by atoms with Crippen LogP contribution in [0.1, 0.15) is 28.8 Å². The van der Waals surface area contributed by atoms with E-state index in [-0.39, 0.29) is 31.1 Å². The number of esters is 1. The predicted molar refractivity (Wildman–Crippen MR) is 109 cm³/mol. The normalized spacial score (nSPS) is 10.5. The highest BCUT2D eigenvalue weighted by atomic mass is 16.7. The van der Waals surface area contributed by atoms with E-state index < -0.39 is 5.91 Å². The summed E-state index contributed by atoms with van der Waals surface area (Å²) in [5, 5.41) is 5.26. The van der Waals surface area contributed by atoms with Gasteiger partial charge in [0.05, 0.1) is 19.8 Å². The average Bonchev–Trinajstić information content (AvgIpc) is 3.36. The Morgan fingerprint density at radius 3 is 2.45 bits per heavy atom. The van der Waals surface area contributed by atoms with Crippen LogP contribution in [0.3, 0.4) is 0 Å². The minimum Gasteiger partial charge on any atom is -0.497 e. The van der Waals surface area contributed by atoms with Gasteiger partial charge in [0, 0.05) is 37.8 Å². The summed E-state index contributed by atoms with van der Waals surface area (Å²) in [6.07, 6.45) is 6.69. The molecule has 0 spiro atoms. The first-order chi connectivity index (χ1) is 15.1. The largest absolute Gasteiger partial charge is 0.497 e. The Hall–Kier alpha value is -3.79. The van der Waals surface area contributed by atoms with Crippen molar-refractivity contribution in [2.24, 2.45) is 0 Å². The number of amides is 1. The van der Waals surface area contributed by atoms with E-state index in [2.05, 4.69) is 19.8 Å². The van der Waals surface area contributed by atoms with Gasteiger partial charge in [-0.3, -0.25) is 14.4 Å². The lowest BCUT2D eigenvalue weighted by molar-refractivity contribution is -0.144. The summed E-state index contributed by atoms with van der Waals surface area (Å²) in [7, 11) is 2.91. The van der Waals surface area contributed by atoms with Crippen LogP contribution in [0.4, 0.5) is 0 Å². The third-order valence-electron chi connectivity index (χ3n) is 4.34. The highest BCUT2D eigenvalue weighted by Gasteiger charge is 2.19. The van der Waals surface area contributed by atoms with Gasteiger partial charge in [0.15, 0.2) is 0 Å². The van der Waals surface area contributed by atoms with Gasteiger partial charge >= 0.3 is 5.97 Å². The Morgan fingerprint density at radius 2 is 1.84 bits per heavy atom.